The second-order valence-electron chi connectivity index (χ2n) is 1.95. The van der Waals surface area contributed by atoms with Crippen LogP contribution in [-0.2, 0) is 6.42 Å². The van der Waals surface area contributed by atoms with Gasteiger partial charge in [-0.15, -0.1) is 11.3 Å². The van der Waals surface area contributed by atoms with Crippen LogP contribution in [0.4, 0.5) is 0 Å². The Morgan fingerprint density at radius 1 is 1.67 bits per heavy atom. The normalized spacial score (nSPS) is 15.2. The molecular weight excluding hydrogens is 200 g/mol. The number of ether oxygens (including phenoxy) is 1. The van der Waals surface area contributed by atoms with Gasteiger partial charge in [-0.05, 0) is 15.9 Å². The van der Waals surface area contributed by atoms with Crippen molar-refractivity contribution in [1.29, 1.82) is 0 Å². The summed E-state index contributed by atoms with van der Waals surface area (Å²) in [7, 11) is 0. The molecule has 3 heteroatoms. The Kier molecular flexibility index (Phi) is 1.27. The van der Waals surface area contributed by atoms with E-state index in [4.69, 9.17) is 4.74 Å². The molecule has 0 radical (unpaired) electrons. The van der Waals surface area contributed by atoms with E-state index in [1.165, 1.54) is 9.35 Å². The Balaban J connectivity index is 2.56. The van der Waals surface area contributed by atoms with Crippen molar-refractivity contribution in [2.24, 2.45) is 0 Å². The first-order valence-corrected chi connectivity index (χ1v) is 4.44. The maximum atomic E-state index is 5.30. The lowest BCUT2D eigenvalue weighted by atomic mass is 10.3. The fourth-order valence-corrected chi connectivity index (χ4v) is 2.39. The quantitative estimate of drug-likeness (QED) is 0.632. The first kappa shape index (κ1) is 5.74. The molecule has 0 aliphatic carbocycles. The van der Waals surface area contributed by atoms with E-state index in [1.807, 2.05) is 5.38 Å². The highest BCUT2D eigenvalue weighted by Gasteiger charge is 2.16. The maximum Gasteiger partial charge on any atom is 0.134 e. The molecule has 0 amide bonds. The first-order chi connectivity index (χ1) is 4.38. The van der Waals surface area contributed by atoms with Gasteiger partial charge in [0.05, 0.1) is 10.4 Å². The van der Waals surface area contributed by atoms with Crippen molar-refractivity contribution >= 4 is 27.3 Å². The van der Waals surface area contributed by atoms with Gasteiger partial charge in [-0.25, -0.2) is 0 Å². The molecule has 1 aromatic heterocycles. The Morgan fingerprint density at radius 2 is 2.56 bits per heavy atom. The average Bonchev–Trinajstić information content (AvgIpc) is 2.35. The fraction of sp³-hybridized carbons (Fsp3) is 0.333. The van der Waals surface area contributed by atoms with Gasteiger partial charge in [0.2, 0.25) is 0 Å². The van der Waals surface area contributed by atoms with Gasteiger partial charge in [-0.1, -0.05) is 0 Å². The zero-order valence-corrected chi connectivity index (χ0v) is 7.09. The summed E-state index contributed by atoms with van der Waals surface area (Å²) in [6.45, 7) is 0.858. The van der Waals surface area contributed by atoms with Crippen LogP contribution in [0.15, 0.2) is 9.17 Å². The second kappa shape index (κ2) is 1.99. The first-order valence-electron chi connectivity index (χ1n) is 2.76. The molecule has 1 aromatic rings. The van der Waals surface area contributed by atoms with Crippen LogP contribution in [0.2, 0.25) is 0 Å². The third kappa shape index (κ3) is 0.792. The lowest BCUT2D eigenvalue weighted by Crippen LogP contribution is -1.86. The summed E-state index contributed by atoms with van der Waals surface area (Å²) in [6, 6.07) is 0. The van der Waals surface area contributed by atoms with Crippen molar-refractivity contribution in [3.05, 3.63) is 14.7 Å². The number of halogens is 1. The van der Waals surface area contributed by atoms with Crippen LogP contribution in [0, 0.1) is 0 Å². The summed E-state index contributed by atoms with van der Waals surface area (Å²) in [5, 5.41) is 2.05. The lowest BCUT2D eigenvalue weighted by Gasteiger charge is -1.87. The van der Waals surface area contributed by atoms with Crippen molar-refractivity contribution in [2.75, 3.05) is 6.61 Å². The predicted molar refractivity (Wildman–Crippen MR) is 41.2 cm³/mol. The van der Waals surface area contributed by atoms with Gasteiger partial charge >= 0.3 is 0 Å². The van der Waals surface area contributed by atoms with Crippen LogP contribution < -0.4 is 4.74 Å². The molecule has 48 valence electrons. The smallest absolute Gasteiger partial charge is 0.134 e. The number of hydrogen-bond donors (Lipinski definition) is 0. The van der Waals surface area contributed by atoms with E-state index in [9.17, 15) is 0 Å². The van der Waals surface area contributed by atoms with Crippen LogP contribution >= 0.6 is 27.3 Å². The van der Waals surface area contributed by atoms with Gasteiger partial charge in [0, 0.05) is 17.4 Å². The topological polar surface area (TPSA) is 9.23 Å². The van der Waals surface area contributed by atoms with Crippen LogP contribution in [-0.4, -0.2) is 6.61 Å². The van der Waals surface area contributed by atoms with Crippen LogP contribution in [0.5, 0.6) is 5.75 Å². The minimum atomic E-state index is 0.858. The largest absolute Gasteiger partial charge is 0.492 e. The van der Waals surface area contributed by atoms with E-state index >= 15 is 0 Å². The molecule has 1 nitrogen and oxygen atoms in total. The molecule has 0 saturated carbocycles. The molecule has 0 saturated heterocycles. The zero-order chi connectivity index (χ0) is 6.27. The zero-order valence-electron chi connectivity index (χ0n) is 4.69. The molecule has 0 fully saturated rings. The highest BCUT2D eigenvalue weighted by Crippen LogP contribution is 2.37. The fourth-order valence-electron chi connectivity index (χ4n) is 0.950. The van der Waals surface area contributed by atoms with Crippen molar-refractivity contribution in [3.8, 4) is 5.75 Å². The highest BCUT2D eigenvalue weighted by atomic mass is 79.9. The van der Waals surface area contributed by atoms with Crippen LogP contribution in [0.25, 0.3) is 0 Å². The third-order valence-electron chi connectivity index (χ3n) is 1.41. The summed E-state index contributed by atoms with van der Waals surface area (Å²) in [4.78, 5) is 0. The minimum Gasteiger partial charge on any atom is -0.492 e. The Morgan fingerprint density at radius 3 is 3.33 bits per heavy atom. The molecule has 0 spiro atoms. The van der Waals surface area contributed by atoms with E-state index in [0.29, 0.717) is 0 Å². The molecule has 0 bridgehead atoms. The number of thiophene rings is 1. The van der Waals surface area contributed by atoms with Crippen LogP contribution in [0.1, 0.15) is 5.56 Å². The van der Waals surface area contributed by atoms with Crippen molar-refractivity contribution < 1.29 is 4.74 Å². The van der Waals surface area contributed by atoms with E-state index in [1.54, 1.807) is 11.3 Å². The Bertz CT molecular complexity index is 231. The molecule has 2 heterocycles. The van der Waals surface area contributed by atoms with E-state index in [0.717, 1.165) is 18.8 Å². The van der Waals surface area contributed by atoms with Gasteiger partial charge in [-0.2, -0.15) is 0 Å². The Hall–Kier alpha value is -0.0200. The third-order valence-corrected chi connectivity index (χ3v) is 3.24. The summed E-state index contributed by atoms with van der Waals surface area (Å²) >= 11 is 5.15. The molecule has 1 aliphatic rings. The van der Waals surface area contributed by atoms with Crippen molar-refractivity contribution in [2.45, 2.75) is 6.42 Å². The molecular formula is C6H5BrOS. The number of hydrogen-bond acceptors (Lipinski definition) is 2. The highest BCUT2D eigenvalue weighted by molar-refractivity contribution is 9.11. The monoisotopic (exact) mass is 204 g/mol. The van der Waals surface area contributed by atoms with Gasteiger partial charge < -0.3 is 4.74 Å². The average molecular weight is 205 g/mol. The Labute approximate surface area is 65.8 Å². The summed E-state index contributed by atoms with van der Waals surface area (Å²) in [5.41, 5.74) is 1.35. The summed E-state index contributed by atoms with van der Waals surface area (Å²) in [6.07, 6.45) is 1.07. The number of rotatable bonds is 0. The molecule has 2 rings (SSSR count). The standard InChI is InChI=1S/C6H5BrOS/c7-6-4-1-2-8-5(4)3-9-6/h3H,1-2H2. The molecule has 0 unspecified atom stereocenters. The predicted octanol–water partition coefficient (Wildman–Crippen LogP) is 2.45. The minimum absolute atomic E-state index is 0.858. The summed E-state index contributed by atoms with van der Waals surface area (Å²) < 4.78 is 6.53. The van der Waals surface area contributed by atoms with Crippen molar-refractivity contribution in [3.63, 3.8) is 0 Å². The molecule has 1 aliphatic heterocycles. The van der Waals surface area contributed by atoms with Gasteiger partial charge in [0.15, 0.2) is 0 Å². The molecule has 0 aromatic carbocycles. The van der Waals surface area contributed by atoms with E-state index < -0.39 is 0 Å². The maximum absolute atomic E-state index is 5.30. The number of fused-ring (bicyclic) bond motifs is 1. The van der Waals surface area contributed by atoms with Crippen LogP contribution in [0.3, 0.4) is 0 Å². The van der Waals surface area contributed by atoms with Crippen molar-refractivity contribution in [1.82, 2.24) is 0 Å². The summed E-state index contributed by atoms with van der Waals surface area (Å²) in [5.74, 6) is 1.08. The van der Waals surface area contributed by atoms with Gasteiger partial charge in [-0.3, -0.25) is 0 Å². The molecule has 0 atom stereocenters. The lowest BCUT2D eigenvalue weighted by molar-refractivity contribution is 0.357. The molecule has 0 N–H and O–H groups in total. The van der Waals surface area contributed by atoms with E-state index in [-0.39, 0.29) is 0 Å². The second-order valence-corrected chi connectivity index (χ2v) is 4.15. The SMILES string of the molecule is Brc1scc2c1CCO2. The molecule has 9 heavy (non-hydrogen) atoms. The van der Waals surface area contributed by atoms with E-state index in [2.05, 4.69) is 15.9 Å². The van der Waals surface area contributed by atoms with Gasteiger partial charge in [0.1, 0.15) is 5.75 Å². The van der Waals surface area contributed by atoms with Gasteiger partial charge in [0.25, 0.3) is 0 Å².